The molecule has 1 aliphatic heterocycles. The number of likely N-dealkylation sites (N-methyl/N-ethyl adjacent to an activating group) is 1. The summed E-state index contributed by atoms with van der Waals surface area (Å²) >= 11 is 0. The number of carbonyl (C=O) groups is 4. The summed E-state index contributed by atoms with van der Waals surface area (Å²) in [6.45, 7) is 0. The molecule has 2 aromatic carbocycles. The van der Waals surface area contributed by atoms with Crippen LogP contribution in [-0.2, 0) is 14.4 Å². The van der Waals surface area contributed by atoms with E-state index >= 15 is 0 Å². The summed E-state index contributed by atoms with van der Waals surface area (Å²) < 4.78 is 11.1. The van der Waals surface area contributed by atoms with E-state index in [-0.39, 0.29) is 29.6 Å². The average Bonchev–Trinajstić information content (AvgIpc) is 2.79. The van der Waals surface area contributed by atoms with Gasteiger partial charge >= 0.3 is 41.6 Å². The Morgan fingerprint density at radius 1 is 1.12 bits per heavy atom. The van der Waals surface area contributed by atoms with Gasteiger partial charge in [0, 0.05) is 19.3 Å². The number of ether oxygens (including phenoxy) is 2. The van der Waals surface area contributed by atoms with Crippen LogP contribution >= 0.6 is 0 Å². The molecular weight excluding hydrogens is 453 g/mol. The van der Waals surface area contributed by atoms with E-state index in [1.807, 2.05) is 0 Å². The molecule has 2 atom stereocenters. The molecular formula is C23H24N3NaO7. The molecule has 2 unspecified atom stereocenters. The molecule has 11 heteroatoms. The van der Waals surface area contributed by atoms with Gasteiger partial charge in [0.2, 0.25) is 0 Å². The van der Waals surface area contributed by atoms with Crippen molar-refractivity contribution >= 4 is 53.2 Å². The molecule has 0 spiro atoms. The van der Waals surface area contributed by atoms with E-state index in [1.165, 1.54) is 31.3 Å². The molecule has 3 N–H and O–H groups in total. The first-order valence-electron chi connectivity index (χ1n) is 9.97. The number of nitrogens with one attached hydrogen (secondary N) is 2. The molecule has 2 aromatic rings. The maximum atomic E-state index is 12.5. The molecule has 3 amide bonds. The average molecular weight is 477 g/mol. The van der Waals surface area contributed by atoms with Gasteiger partial charge in [-0.3, -0.25) is 14.4 Å². The predicted octanol–water partition coefficient (Wildman–Crippen LogP) is 1.58. The normalized spacial score (nSPS) is 15.7. The van der Waals surface area contributed by atoms with Crippen molar-refractivity contribution in [1.82, 2.24) is 15.5 Å². The summed E-state index contributed by atoms with van der Waals surface area (Å²) in [5.41, 5.74) is 0.457. The van der Waals surface area contributed by atoms with Gasteiger partial charge in [-0.2, -0.15) is 0 Å². The Kier molecular flexibility index (Phi) is 9.67. The van der Waals surface area contributed by atoms with Gasteiger partial charge in [-0.25, -0.2) is 4.79 Å². The van der Waals surface area contributed by atoms with Crippen molar-refractivity contribution < 1.29 is 33.8 Å². The van der Waals surface area contributed by atoms with E-state index in [4.69, 9.17) is 9.47 Å². The fourth-order valence-corrected chi connectivity index (χ4v) is 3.20. The van der Waals surface area contributed by atoms with Crippen molar-refractivity contribution in [2.75, 3.05) is 14.2 Å². The first-order valence-corrected chi connectivity index (χ1v) is 9.97. The minimum absolute atomic E-state index is 0. The number of benzene rings is 2. The number of urea groups is 1. The van der Waals surface area contributed by atoms with Gasteiger partial charge in [0.05, 0.1) is 19.6 Å². The fraction of sp³-hybridized carbons (Fsp3) is 0.217. The van der Waals surface area contributed by atoms with Gasteiger partial charge in [0.15, 0.2) is 23.3 Å². The molecule has 1 heterocycles. The van der Waals surface area contributed by atoms with Crippen LogP contribution in [0.15, 0.2) is 60.8 Å². The van der Waals surface area contributed by atoms with Gasteiger partial charge in [-0.15, -0.1) is 0 Å². The minimum atomic E-state index is -1.38. The monoisotopic (exact) mass is 477 g/mol. The molecule has 0 aromatic heterocycles. The third-order valence-electron chi connectivity index (χ3n) is 4.86. The van der Waals surface area contributed by atoms with Crippen molar-refractivity contribution in [2.24, 2.45) is 0 Å². The third-order valence-corrected chi connectivity index (χ3v) is 4.86. The number of carboxylic acid groups (broad SMARTS) is 1. The van der Waals surface area contributed by atoms with Crippen molar-refractivity contribution in [3.8, 4) is 17.2 Å². The first-order chi connectivity index (χ1) is 15.8. The predicted molar refractivity (Wildman–Crippen MR) is 124 cm³/mol. The topological polar surface area (TPSA) is 134 Å². The molecule has 0 saturated heterocycles. The maximum absolute atomic E-state index is 12.5. The third kappa shape index (κ3) is 6.83. The van der Waals surface area contributed by atoms with Gasteiger partial charge in [-0.1, -0.05) is 24.3 Å². The van der Waals surface area contributed by atoms with Gasteiger partial charge in [0.1, 0.15) is 5.75 Å². The molecule has 1 aliphatic rings. The molecule has 0 fully saturated rings. The van der Waals surface area contributed by atoms with Crippen LogP contribution in [-0.4, -0.2) is 83.5 Å². The number of nitrogens with zero attached hydrogens (tertiary/aromatic N) is 1. The van der Waals surface area contributed by atoms with Crippen LogP contribution in [0.3, 0.4) is 0 Å². The molecule has 0 bridgehead atoms. The zero-order chi connectivity index (χ0) is 24.0. The number of amides is 3. The molecule has 0 aliphatic carbocycles. The van der Waals surface area contributed by atoms with Crippen molar-refractivity contribution in [3.63, 3.8) is 0 Å². The second-order valence-electron chi connectivity index (χ2n) is 7.19. The van der Waals surface area contributed by atoms with E-state index in [2.05, 4.69) is 10.6 Å². The summed E-state index contributed by atoms with van der Waals surface area (Å²) in [7, 11) is 2.97. The van der Waals surface area contributed by atoms with Crippen LogP contribution in [0.25, 0.3) is 0 Å². The Bertz CT molecular complexity index is 1110. The van der Waals surface area contributed by atoms with Gasteiger partial charge < -0.3 is 30.1 Å². The molecule has 10 nitrogen and oxygen atoms in total. The zero-order valence-electron chi connectivity index (χ0n) is 18.0. The number of carbonyl (C=O) groups excluding carboxylic acids is 3. The van der Waals surface area contributed by atoms with E-state index < -0.39 is 42.2 Å². The van der Waals surface area contributed by atoms with Crippen LogP contribution in [0.2, 0.25) is 0 Å². The van der Waals surface area contributed by atoms with Crippen molar-refractivity contribution in [3.05, 3.63) is 66.4 Å². The van der Waals surface area contributed by atoms with Gasteiger partial charge in [0.25, 0.3) is 5.91 Å². The second kappa shape index (κ2) is 12.2. The zero-order valence-corrected chi connectivity index (χ0v) is 18.0. The summed E-state index contributed by atoms with van der Waals surface area (Å²) in [5.74, 6) is -0.940. The number of ketones is 1. The van der Waals surface area contributed by atoms with E-state index in [0.29, 0.717) is 22.8 Å². The number of para-hydroxylation sites is 2. The Morgan fingerprint density at radius 3 is 2.50 bits per heavy atom. The van der Waals surface area contributed by atoms with Crippen LogP contribution < -0.4 is 20.1 Å². The number of hydrogen-bond donors (Lipinski definition) is 3. The number of rotatable bonds is 8. The molecule has 0 saturated carbocycles. The fourth-order valence-electron chi connectivity index (χ4n) is 3.20. The van der Waals surface area contributed by atoms with E-state index in [0.717, 1.165) is 0 Å². The van der Waals surface area contributed by atoms with Crippen LogP contribution in [0.4, 0.5) is 4.79 Å². The molecule has 34 heavy (non-hydrogen) atoms. The SMILES string of the molecule is COc1ccccc1Oc1cccc(C(CC(=O)O)NC(=O)NC2C(=O)C=CN(C)C2=O)c1.[NaH]. The van der Waals surface area contributed by atoms with Crippen LogP contribution in [0.1, 0.15) is 18.0 Å². The molecule has 0 radical (unpaired) electrons. The number of carboxylic acids is 1. The summed E-state index contributed by atoms with van der Waals surface area (Å²) in [4.78, 5) is 49.3. The summed E-state index contributed by atoms with van der Waals surface area (Å²) in [6.07, 6.45) is 2.05. The Balaban J connectivity index is 0.00000408. The second-order valence-corrected chi connectivity index (χ2v) is 7.19. The quantitative estimate of drug-likeness (QED) is 0.388. The van der Waals surface area contributed by atoms with Crippen molar-refractivity contribution in [2.45, 2.75) is 18.5 Å². The van der Waals surface area contributed by atoms with Crippen molar-refractivity contribution in [1.29, 1.82) is 0 Å². The first kappa shape index (κ1) is 26.9. The van der Waals surface area contributed by atoms with E-state index in [9.17, 15) is 24.3 Å². The summed E-state index contributed by atoms with van der Waals surface area (Å²) in [6, 6.07) is 10.4. The number of methoxy groups -OCH3 is 1. The van der Waals surface area contributed by atoms with E-state index in [1.54, 1.807) is 48.5 Å². The molecule has 3 rings (SSSR count). The number of aliphatic carboxylic acids is 1. The van der Waals surface area contributed by atoms with Crippen LogP contribution in [0, 0.1) is 0 Å². The van der Waals surface area contributed by atoms with Crippen LogP contribution in [0.5, 0.6) is 17.2 Å². The Morgan fingerprint density at radius 2 is 1.82 bits per heavy atom. The summed E-state index contributed by atoms with van der Waals surface area (Å²) in [5, 5.41) is 14.2. The molecule has 174 valence electrons. The number of hydrogen-bond acceptors (Lipinski definition) is 6. The standard InChI is InChI=1S/C23H23N3O7.Na.H/c1-26-11-10-17(27)21(22(26)30)25-23(31)24-16(13-20(28)29)14-6-5-7-15(12-14)33-19-9-4-3-8-18(19)32-2;;/h3-12,16,21H,13H2,1-2H3,(H,28,29)(H2,24,25,31);;. The Labute approximate surface area is 218 Å². The Hall–Kier alpha value is -3.34. The van der Waals surface area contributed by atoms with Gasteiger partial charge in [-0.05, 0) is 29.8 Å².